The summed E-state index contributed by atoms with van der Waals surface area (Å²) >= 11 is 1.74. The molecule has 1 aromatic carbocycles. The van der Waals surface area contributed by atoms with Crippen molar-refractivity contribution in [3.05, 3.63) is 45.9 Å². The number of ether oxygens (including phenoxy) is 1. The molecule has 106 valence electrons. The highest BCUT2D eigenvalue weighted by atomic mass is 32.1. The summed E-state index contributed by atoms with van der Waals surface area (Å²) in [4.78, 5) is 4.60. The Morgan fingerprint density at radius 1 is 1.35 bits per heavy atom. The first-order valence-corrected chi connectivity index (χ1v) is 7.99. The fraction of sp³-hybridized carbons (Fsp3) is 0.438. The van der Waals surface area contributed by atoms with Crippen molar-refractivity contribution in [1.82, 2.24) is 4.98 Å². The number of aliphatic hydroxyl groups excluding tert-OH is 1. The van der Waals surface area contributed by atoms with Gasteiger partial charge in [0.2, 0.25) is 0 Å². The summed E-state index contributed by atoms with van der Waals surface area (Å²) in [5.74, 6) is 1.53. The molecule has 1 aromatic heterocycles. The minimum Gasteiger partial charge on any atom is -0.487 e. The van der Waals surface area contributed by atoms with Gasteiger partial charge in [-0.25, -0.2) is 4.98 Å². The predicted molar refractivity (Wildman–Crippen MR) is 80.1 cm³/mol. The van der Waals surface area contributed by atoms with Gasteiger partial charge < -0.3 is 9.84 Å². The molecule has 2 aromatic rings. The van der Waals surface area contributed by atoms with Crippen LogP contribution in [0.25, 0.3) is 0 Å². The van der Waals surface area contributed by atoms with Gasteiger partial charge in [0, 0.05) is 11.3 Å². The third-order valence-corrected chi connectivity index (χ3v) is 4.59. The number of benzene rings is 1. The molecule has 4 heteroatoms. The third-order valence-electron chi connectivity index (χ3n) is 3.53. The van der Waals surface area contributed by atoms with Gasteiger partial charge in [0.1, 0.15) is 12.4 Å². The zero-order chi connectivity index (χ0) is 13.9. The normalized spacial score (nSPS) is 16.1. The van der Waals surface area contributed by atoms with E-state index in [2.05, 4.69) is 10.4 Å². The van der Waals surface area contributed by atoms with Gasteiger partial charge in [-0.2, -0.15) is 0 Å². The number of aromatic nitrogens is 1. The van der Waals surface area contributed by atoms with Crippen molar-refractivity contribution in [2.75, 3.05) is 0 Å². The van der Waals surface area contributed by atoms with E-state index in [-0.39, 0.29) is 6.10 Å². The number of aliphatic hydroxyl groups is 1. The van der Waals surface area contributed by atoms with E-state index in [1.165, 1.54) is 17.8 Å². The van der Waals surface area contributed by atoms with Gasteiger partial charge in [0.25, 0.3) is 0 Å². The summed E-state index contributed by atoms with van der Waals surface area (Å²) in [5.41, 5.74) is 1.94. The first-order chi connectivity index (χ1) is 9.76. The monoisotopic (exact) mass is 289 g/mol. The van der Waals surface area contributed by atoms with Crippen LogP contribution < -0.4 is 4.74 Å². The zero-order valence-electron chi connectivity index (χ0n) is 11.6. The lowest BCUT2D eigenvalue weighted by molar-refractivity contribution is 0.173. The van der Waals surface area contributed by atoms with Gasteiger partial charge in [-0.15, -0.1) is 11.3 Å². The van der Waals surface area contributed by atoms with Crippen molar-refractivity contribution in [1.29, 1.82) is 0 Å². The molecule has 1 saturated carbocycles. The van der Waals surface area contributed by atoms with Crippen molar-refractivity contribution >= 4 is 11.3 Å². The molecule has 0 spiro atoms. The first kappa shape index (κ1) is 13.6. The van der Waals surface area contributed by atoms with E-state index in [9.17, 15) is 5.11 Å². The summed E-state index contributed by atoms with van der Waals surface area (Å²) in [6, 6.07) is 7.64. The fourth-order valence-electron chi connectivity index (χ4n) is 2.09. The van der Waals surface area contributed by atoms with Crippen LogP contribution >= 0.6 is 11.3 Å². The molecule has 0 radical (unpaired) electrons. The van der Waals surface area contributed by atoms with E-state index in [0.29, 0.717) is 12.5 Å². The molecular formula is C16H19NO2S. The van der Waals surface area contributed by atoms with Gasteiger partial charge in [-0.1, -0.05) is 19.1 Å². The van der Waals surface area contributed by atoms with Crippen molar-refractivity contribution in [3.63, 3.8) is 0 Å². The smallest absolute Gasteiger partial charge is 0.131 e. The highest BCUT2D eigenvalue weighted by molar-refractivity contribution is 7.09. The Balaban J connectivity index is 1.57. The van der Waals surface area contributed by atoms with Gasteiger partial charge in [-0.05, 0) is 37.0 Å². The number of thiazole rings is 1. The van der Waals surface area contributed by atoms with Crippen LogP contribution in [0.4, 0.5) is 0 Å². The van der Waals surface area contributed by atoms with Crippen molar-refractivity contribution in [3.8, 4) is 5.75 Å². The standard InChI is InChI=1S/C16H19NO2S/c1-2-15(18)11-5-7-14(8-6-11)19-9-13-10-20-16(17-13)12-3-4-12/h5-8,10,12,15,18H,2-4,9H2,1H3. The van der Waals surface area contributed by atoms with Gasteiger partial charge in [0.05, 0.1) is 16.8 Å². The quantitative estimate of drug-likeness (QED) is 0.872. The summed E-state index contributed by atoms with van der Waals surface area (Å²) in [6.45, 7) is 2.48. The number of hydrogen-bond acceptors (Lipinski definition) is 4. The average molecular weight is 289 g/mol. The minimum absolute atomic E-state index is 0.385. The largest absolute Gasteiger partial charge is 0.487 e. The van der Waals surface area contributed by atoms with Crippen LogP contribution in [0.15, 0.2) is 29.6 Å². The van der Waals surface area contributed by atoms with E-state index in [4.69, 9.17) is 4.74 Å². The van der Waals surface area contributed by atoms with Crippen molar-refractivity contribution in [2.24, 2.45) is 0 Å². The van der Waals surface area contributed by atoms with E-state index < -0.39 is 0 Å². The van der Waals surface area contributed by atoms with E-state index >= 15 is 0 Å². The van der Waals surface area contributed by atoms with Crippen LogP contribution in [-0.2, 0) is 6.61 Å². The molecule has 1 atom stereocenters. The third kappa shape index (κ3) is 3.19. The summed E-state index contributed by atoms with van der Waals surface area (Å²) < 4.78 is 5.74. The lowest BCUT2D eigenvalue weighted by atomic mass is 10.1. The molecule has 1 heterocycles. The Kier molecular flexibility index (Phi) is 4.03. The maximum atomic E-state index is 9.74. The van der Waals surface area contributed by atoms with Crippen LogP contribution in [0.2, 0.25) is 0 Å². The molecule has 20 heavy (non-hydrogen) atoms. The second kappa shape index (κ2) is 5.94. The average Bonchev–Trinajstić information content (AvgIpc) is 3.24. The number of rotatable bonds is 6. The van der Waals surface area contributed by atoms with Crippen molar-refractivity contribution in [2.45, 2.75) is 44.8 Å². The Morgan fingerprint density at radius 2 is 2.10 bits per heavy atom. The summed E-state index contributed by atoms with van der Waals surface area (Å²) in [6.07, 6.45) is 2.91. The van der Waals surface area contributed by atoms with Crippen LogP contribution in [0.5, 0.6) is 5.75 Å². The number of hydrogen-bond donors (Lipinski definition) is 1. The summed E-state index contributed by atoms with van der Waals surface area (Å²) in [7, 11) is 0. The maximum absolute atomic E-state index is 9.74. The molecule has 0 amide bonds. The molecule has 0 aliphatic heterocycles. The Bertz CT molecular complexity index is 560. The maximum Gasteiger partial charge on any atom is 0.131 e. The Morgan fingerprint density at radius 3 is 2.75 bits per heavy atom. The van der Waals surface area contributed by atoms with Gasteiger partial charge in [-0.3, -0.25) is 0 Å². The van der Waals surface area contributed by atoms with Crippen molar-refractivity contribution < 1.29 is 9.84 Å². The topological polar surface area (TPSA) is 42.4 Å². The molecule has 1 aliphatic rings. The second-order valence-corrected chi connectivity index (χ2v) is 6.12. The van der Waals surface area contributed by atoms with Crippen LogP contribution in [-0.4, -0.2) is 10.1 Å². The lowest BCUT2D eigenvalue weighted by Gasteiger charge is -2.09. The SMILES string of the molecule is CCC(O)c1ccc(OCc2csc(C3CC3)n2)cc1. The van der Waals surface area contributed by atoms with E-state index in [1.54, 1.807) is 11.3 Å². The van der Waals surface area contributed by atoms with E-state index in [1.807, 2.05) is 31.2 Å². The zero-order valence-corrected chi connectivity index (χ0v) is 12.4. The Hall–Kier alpha value is -1.39. The molecule has 3 rings (SSSR count). The molecule has 0 saturated heterocycles. The highest BCUT2D eigenvalue weighted by Crippen LogP contribution is 2.41. The lowest BCUT2D eigenvalue weighted by Crippen LogP contribution is -1.98. The first-order valence-electron chi connectivity index (χ1n) is 7.11. The predicted octanol–water partition coefficient (Wildman–Crippen LogP) is 4.04. The summed E-state index contributed by atoms with van der Waals surface area (Å²) in [5, 5.41) is 13.1. The molecule has 1 fully saturated rings. The highest BCUT2D eigenvalue weighted by Gasteiger charge is 2.26. The fourth-order valence-corrected chi connectivity index (χ4v) is 3.06. The second-order valence-electron chi connectivity index (χ2n) is 5.23. The molecule has 3 nitrogen and oxygen atoms in total. The van der Waals surface area contributed by atoms with Crippen LogP contribution in [0.3, 0.4) is 0 Å². The molecule has 1 N–H and O–H groups in total. The molecule has 1 aliphatic carbocycles. The van der Waals surface area contributed by atoms with E-state index in [0.717, 1.165) is 23.4 Å². The molecule has 1 unspecified atom stereocenters. The Labute approximate surface area is 123 Å². The van der Waals surface area contributed by atoms with Crippen LogP contribution in [0, 0.1) is 0 Å². The molecule has 0 bridgehead atoms. The molecular weight excluding hydrogens is 270 g/mol. The minimum atomic E-state index is -0.385. The van der Waals surface area contributed by atoms with Crippen LogP contribution in [0.1, 0.15) is 54.5 Å². The van der Waals surface area contributed by atoms with Gasteiger partial charge in [0.15, 0.2) is 0 Å². The van der Waals surface area contributed by atoms with Gasteiger partial charge >= 0.3 is 0 Å². The number of nitrogens with zero attached hydrogens (tertiary/aromatic N) is 1.